The highest BCUT2D eigenvalue weighted by Crippen LogP contribution is 2.50. The summed E-state index contributed by atoms with van der Waals surface area (Å²) in [5.41, 5.74) is 18.2. The number of allylic oxidation sites excluding steroid dienone is 13. The summed E-state index contributed by atoms with van der Waals surface area (Å²) in [7, 11) is 2.83. The van der Waals surface area contributed by atoms with E-state index in [9.17, 15) is 0 Å². The van der Waals surface area contributed by atoms with Crippen LogP contribution in [0.5, 0.6) is 0 Å². The average molecular weight is 862 g/mol. The first-order valence-electron chi connectivity index (χ1n) is 22.7. The van der Waals surface area contributed by atoms with Crippen molar-refractivity contribution in [2.45, 2.75) is 53.4 Å². The molecule has 2 heteroatoms. The van der Waals surface area contributed by atoms with Crippen molar-refractivity contribution in [1.29, 1.82) is 0 Å². The molecule has 0 radical (unpaired) electrons. The van der Waals surface area contributed by atoms with Gasteiger partial charge in [0.15, 0.2) is 0 Å². The zero-order valence-electron chi connectivity index (χ0n) is 38.7. The molecule has 0 bridgehead atoms. The van der Waals surface area contributed by atoms with Gasteiger partial charge in [-0.1, -0.05) is 209 Å². The summed E-state index contributed by atoms with van der Waals surface area (Å²) in [6.45, 7) is 17.1. The molecule has 7 aromatic carbocycles. The van der Waals surface area contributed by atoms with Crippen LogP contribution in [0.15, 0.2) is 235 Å². The molecule has 322 valence electrons. The summed E-state index contributed by atoms with van der Waals surface area (Å²) in [5, 5.41) is 3.76. The van der Waals surface area contributed by atoms with Gasteiger partial charge in [-0.05, 0) is 152 Å². The van der Waals surface area contributed by atoms with Crippen molar-refractivity contribution in [2.75, 3.05) is 0 Å². The summed E-state index contributed by atoms with van der Waals surface area (Å²) >= 11 is 0. The molecule has 1 aliphatic carbocycles. The Labute approximate surface area is 390 Å². The molecule has 0 saturated heterocycles. The summed E-state index contributed by atoms with van der Waals surface area (Å²) in [5.74, 6) is 0. The Kier molecular flexibility index (Phi) is 15.3. The van der Waals surface area contributed by atoms with E-state index in [1.54, 1.807) is 0 Å². The Morgan fingerprint density at radius 3 is 1.91 bits per heavy atom. The standard InChI is InChI=1S/C44H39N.C19H21P/c1-6-32(35-19-21-36(22-20-35)33-13-9-8-10-14-33)18-17-31(3)45-28-27-41-40-26-25-39(30-43(40)44(4,5)42(41)7-2)38-24-23-34-15-11-12-16-37(34)29-38;1-3-8-15(9-4-2)17-12-13-19(20)18(14-17)16-10-6-5-7-11-16/h6-30H,1H2,2-5H3;3,5-14H,4,20H2,1-2H3/b31-17+,32-18+,41-27-,42-7+,45-28+;8-3-,15-9+. The van der Waals surface area contributed by atoms with Crippen molar-refractivity contribution < 1.29 is 0 Å². The van der Waals surface area contributed by atoms with Crippen LogP contribution in [0.25, 0.3) is 60.9 Å². The highest BCUT2D eigenvalue weighted by Gasteiger charge is 2.37. The summed E-state index contributed by atoms with van der Waals surface area (Å²) in [6, 6.07) is 58.4. The third kappa shape index (κ3) is 10.9. The maximum absolute atomic E-state index is 4.78. The first kappa shape index (κ1) is 46.1. The SMILES string of the molecule is C/C=C\C(=C/CC)c1ccc(P)c(-c2ccccc2)c1.C=C\C(=C/C=C(C)/N=C/C=C1\C(=C/C)C(C)(C)c2cc(-c3ccc4ccccc4c3)ccc21)c1ccc(-c2ccccc2)cc1. The highest BCUT2D eigenvalue weighted by molar-refractivity contribution is 7.28. The molecule has 1 nitrogen and oxygen atoms in total. The molecular weight excluding hydrogens is 802 g/mol. The van der Waals surface area contributed by atoms with E-state index in [1.165, 1.54) is 82.9 Å². The lowest BCUT2D eigenvalue weighted by molar-refractivity contribution is 0.660. The zero-order chi connectivity index (χ0) is 45.8. The molecule has 0 aliphatic heterocycles. The van der Waals surface area contributed by atoms with Gasteiger partial charge in [0.25, 0.3) is 0 Å². The quantitative estimate of drug-likeness (QED) is 0.0698. The predicted molar refractivity (Wildman–Crippen MR) is 291 cm³/mol. The van der Waals surface area contributed by atoms with Gasteiger partial charge >= 0.3 is 0 Å². The molecule has 1 aliphatic rings. The second-order valence-electron chi connectivity index (χ2n) is 16.8. The first-order chi connectivity index (χ1) is 31.6. The minimum absolute atomic E-state index is 0.0981. The number of fused-ring (bicyclic) bond motifs is 2. The average Bonchev–Trinajstić information content (AvgIpc) is 3.56. The van der Waals surface area contributed by atoms with Gasteiger partial charge in [0, 0.05) is 17.3 Å². The van der Waals surface area contributed by atoms with Crippen LogP contribution in [-0.2, 0) is 5.41 Å². The smallest absolute Gasteiger partial charge is 0.0372 e. The Morgan fingerprint density at radius 2 is 1.23 bits per heavy atom. The maximum Gasteiger partial charge on any atom is 0.0372 e. The molecular formula is C63H60NP. The lowest BCUT2D eigenvalue weighted by Gasteiger charge is -2.22. The van der Waals surface area contributed by atoms with Crippen LogP contribution in [0.2, 0.25) is 0 Å². The van der Waals surface area contributed by atoms with Crippen molar-refractivity contribution in [3.8, 4) is 33.4 Å². The van der Waals surface area contributed by atoms with Crippen LogP contribution in [0.1, 0.15) is 70.2 Å². The third-order valence-corrected chi connectivity index (χ3v) is 12.6. The molecule has 0 aromatic heterocycles. The second-order valence-corrected chi connectivity index (χ2v) is 17.4. The fourth-order valence-corrected chi connectivity index (χ4v) is 9.05. The van der Waals surface area contributed by atoms with Gasteiger partial charge in [0.2, 0.25) is 0 Å². The zero-order valence-corrected chi connectivity index (χ0v) is 39.9. The van der Waals surface area contributed by atoms with Crippen LogP contribution in [0.3, 0.4) is 0 Å². The fourth-order valence-electron chi connectivity index (χ4n) is 8.70. The number of benzene rings is 7. The number of hydrogen-bond donors (Lipinski definition) is 0. The van der Waals surface area contributed by atoms with E-state index >= 15 is 0 Å². The number of nitrogens with zero attached hydrogens (tertiary/aromatic N) is 1. The molecule has 0 heterocycles. The van der Waals surface area contributed by atoms with Crippen LogP contribution in [-0.4, -0.2) is 6.21 Å². The van der Waals surface area contributed by atoms with Crippen molar-refractivity contribution in [3.05, 3.63) is 253 Å². The molecule has 7 aromatic rings. The monoisotopic (exact) mass is 861 g/mol. The predicted octanol–water partition coefficient (Wildman–Crippen LogP) is 17.3. The van der Waals surface area contributed by atoms with Gasteiger partial charge in [0.05, 0.1) is 0 Å². The number of aliphatic imine (C=N–C) groups is 1. The lowest BCUT2D eigenvalue weighted by atomic mass is 9.81. The van der Waals surface area contributed by atoms with Gasteiger partial charge in [0.1, 0.15) is 0 Å². The maximum atomic E-state index is 4.78. The molecule has 1 atom stereocenters. The van der Waals surface area contributed by atoms with Crippen molar-refractivity contribution in [3.63, 3.8) is 0 Å². The fraction of sp³-hybridized carbons (Fsp3) is 0.127. The summed E-state index contributed by atoms with van der Waals surface area (Å²) in [6.07, 6.45) is 20.0. The van der Waals surface area contributed by atoms with Gasteiger partial charge in [-0.15, -0.1) is 9.24 Å². The first-order valence-corrected chi connectivity index (χ1v) is 23.2. The molecule has 8 rings (SSSR count). The Bertz CT molecular complexity index is 3000. The van der Waals surface area contributed by atoms with Gasteiger partial charge in [-0.25, -0.2) is 0 Å². The van der Waals surface area contributed by atoms with E-state index in [1.807, 2.05) is 25.3 Å². The minimum Gasteiger partial charge on any atom is -0.262 e. The Hall–Kier alpha value is -6.92. The van der Waals surface area contributed by atoms with Crippen molar-refractivity contribution in [2.24, 2.45) is 4.99 Å². The van der Waals surface area contributed by atoms with E-state index in [-0.39, 0.29) is 5.41 Å². The number of hydrogen-bond acceptors (Lipinski definition) is 1. The van der Waals surface area contributed by atoms with Crippen LogP contribution >= 0.6 is 9.24 Å². The van der Waals surface area contributed by atoms with E-state index in [0.29, 0.717) is 0 Å². The minimum atomic E-state index is -0.0981. The van der Waals surface area contributed by atoms with E-state index in [4.69, 9.17) is 4.99 Å². The van der Waals surface area contributed by atoms with Gasteiger partial charge < -0.3 is 0 Å². The van der Waals surface area contributed by atoms with Crippen molar-refractivity contribution >= 4 is 48.3 Å². The molecule has 65 heavy (non-hydrogen) atoms. The summed E-state index contributed by atoms with van der Waals surface area (Å²) < 4.78 is 0. The molecule has 0 spiro atoms. The van der Waals surface area contributed by atoms with Gasteiger partial charge in [-0.2, -0.15) is 0 Å². The van der Waals surface area contributed by atoms with E-state index < -0.39 is 0 Å². The lowest BCUT2D eigenvalue weighted by Crippen LogP contribution is -2.15. The molecule has 0 N–H and O–H groups in total. The third-order valence-electron chi connectivity index (χ3n) is 12.1. The van der Waals surface area contributed by atoms with Gasteiger partial charge in [-0.3, -0.25) is 4.99 Å². The molecule has 0 amide bonds. The summed E-state index contributed by atoms with van der Waals surface area (Å²) in [4.78, 5) is 4.78. The van der Waals surface area contributed by atoms with E-state index in [0.717, 1.165) is 23.3 Å². The van der Waals surface area contributed by atoms with Crippen molar-refractivity contribution in [1.82, 2.24) is 0 Å². The largest absolute Gasteiger partial charge is 0.262 e. The topological polar surface area (TPSA) is 12.4 Å². The Balaban J connectivity index is 0.000000263. The molecule has 0 fully saturated rings. The van der Waals surface area contributed by atoms with Crippen LogP contribution in [0, 0.1) is 0 Å². The molecule has 0 saturated carbocycles. The van der Waals surface area contributed by atoms with Crippen LogP contribution < -0.4 is 5.30 Å². The number of rotatable bonds is 11. The second kappa shape index (κ2) is 21.6. The normalized spacial score (nSPS) is 15.2. The van der Waals surface area contributed by atoms with E-state index in [2.05, 4.69) is 251 Å². The van der Waals surface area contributed by atoms with Crippen LogP contribution in [0.4, 0.5) is 0 Å². The molecule has 1 unspecified atom stereocenters. The Morgan fingerprint density at radius 1 is 0.615 bits per heavy atom. The highest BCUT2D eigenvalue weighted by atomic mass is 31.0.